The summed E-state index contributed by atoms with van der Waals surface area (Å²) in [5.41, 5.74) is 0. The normalized spacial score (nSPS) is 15.0. The largest absolute Gasteiger partial charge is 0.507 e. The van der Waals surface area contributed by atoms with Crippen LogP contribution in [0.25, 0.3) is 0 Å². The van der Waals surface area contributed by atoms with Gasteiger partial charge in [0.1, 0.15) is 5.75 Å². The molecule has 1 aromatic carbocycles. The monoisotopic (exact) mass is 294 g/mol. The second kappa shape index (κ2) is 7.19. The predicted octanol–water partition coefficient (Wildman–Crippen LogP) is 2.25. The molecule has 0 aliphatic heterocycles. The van der Waals surface area contributed by atoms with Crippen LogP contribution in [0.1, 0.15) is 25.7 Å². The van der Waals surface area contributed by atoms with E-state index in [4.69, 9.17) is 0 Å². The molecule has 0 unspecified atom stereocenters. The Labute approximate surface area is 122 Å². The summed E-state index contributed by atoms with van der Waals surface area (Å²) in [4.78, 5) is 23.8. The summed E-state index contributed by atoms with van der Waals surface area (Å²) < 4.78 is 0. The summed E-state index contributed by atoms with van der Waals surface area (Å²) in [6.45, 7) is 0. The van der Waals surface area contributed by atoms with Crippen LogP contribution in [0.5, 0.6) is 5.75 Å². The molecule has 2 rings (SSSR count). The van der Waals surface area contributed by atoms with Gasteiger partial charge in [-0.25, -0.2) is 4.79 Å². The van der Waals surface area contributed by atoms with E-state index in [1.165, 1.54) is 11.8 Å². The summed E-state index contributed by atoms with van der Waals surface area (Å²) in [6, 6.07) is 6.55. The molecule has 6 heteroatoms. The van der Waals surface area contributed by atoms with Crippen LogP contribution in [-0.2, 0) is 4.79 Å². The molecule has 0 aromatic heterocycles. The van der Waals surface area contributed by atoms with Crippen molar-refractivity contribution in [1.29, 1.82) is 0 Å². The van der Waals surface area contributed by atoms with Gasteiger partial charge < -0.3 is 10.4 Å². The smallest absolute Gasteiger partial charge is 0.321 e. The number of hydrogen-bond acceptors (Lipinski definition) is 4. The first-order valence-electron chi connectivity index (χ1n) is 6.66. The van der Waals surface area contributed by atoms with Gasteiger partial charge in [0.05, 0.1) is 5.75 Å². The number of urea groups is 1. The Hall–Kier alpha value is -1.69. The minimum Gasteiger partial charge on any atom is -0.507 e. The molecule has 0 bridgehead atoms. The first-order chi connectivity index (χ1) is 9.65. The van der Waals surface area contributed by atoms with Crippen molar-refractivity contribution in [2.45, 2.75) is 36.6 Å². The van der Waals surface area contributed by atoms with E-state index >= 15 is 0 Å². The molecule has 3 amide bonds. The zero-order valence-corrected chi connectivity index (χ0v) is 11.9. The first kappa shape index (κ1) is 14.7. The molecule has 1 aliphatic carbocycles. The van der Waals surface area contributed by atoms with Gasteiger partial charge in [0.15, 0.2) is 0 Å². The lowest BCUT2D eigenvalue weighted by molar-refractivity contribution is -0.117. The highest BCUT2D eigenvalue weighted by Gasteiger charge is 2.18. The van der Waals surface area contributed by atoms with Crippen LogP contribution in [0, 0.1) is 0 Å². The predicted molar refractivity (Wildman–Crippen MR) is 77.8 cm³/mol. The van der Waals surface area contributed by atoms with Crippen LogP contribution < -0.4 is 10.6 Å². The summed E-state index contributed by atoms with van der Waals surface area (Å²) in [5.74, 6) is -0.134. The number of hydrogen-bond donors (Lipinski definition) is 3. The van der Waals surface area contributed by atoms with E-state index in [9.17, 15) is 14.7 Å². The van der Waals surface area contributed by atoms with Crippen molar-refractivity contribution >= 4 is 23.7 Å². The molecule has 0 heterocycles. The Morgan fingerprint density at radius 1 is 1.25 bits per heavy atom. The SMILES string of the molecule is O=C(CSc1ccccc1O)NC(=O)NC1CCCC1. The molecule has 108 valence electrons. The summed E-state index contributed by atoms with van der Waals surface area (Å²) in [6.07, 6.45) is 4.21. The van der Waals surface area contributed by atoms with Crippen molar-refractivity contribution in [3.8, 4) is 5.75 Å². The number of nitrogens with one attached hydrogen (secondary N) is 2. The third-order valence-electron chi connectivity index (χ3n) is 3.17. The number of thioether (sulfide) groups is 1. The topological polar surface area (TPSA) is 78.4 Å². The number of imide groups is 1. The molecule has 3 N–H and O–H groups in total. The fourth-order valence-corrected chi connectivity index (χ4v) is 2.93. The highest BCUT2D eigenvalue weighted by atomic mass is 32.2. The Morgan fingerprint density at radius 2 is 1.95 bits per heavy atom. The van der Waals surface area contributed by atoms with E-state index in [0.29, 0.717) is 4.90 Å². The van der Waals surface area contributed by atoms with E-state index < -0.39 is 6.03 Å². The summed E-state index contributed by atoms with van der Waals surface area (Å²) >= 11 is 1.20. The molecule has 0 radical (unpaired) electrons. The van der Waals surface area contributed by atoms with Crippen molar-refractivity contribution in [2.75, 3.05) is 5.75 Å². The van der Waals surface area contributed by atoms with Crippen molar-refractivity contribution in [3.63, 3.8) is 0 Å². The second-order valence-electron chi connectivity index (χ2n) is 4.76. The van der Waals surface area contributed by atoms with Crippen molar-refractivity contribution in [2.24, 2.45) is 0 Å². The quantitative estimate of drug-likeness (QED) is 0.744. The maximum Gasteiger partial charge on any atom is 0.321 e. The van der Waals surface area contributed by atoms with Crippen LogP contribution in [0.4, 0.5) is 4.79 Å². The number of carbonyl (C=O) groups is 2. The minimum atomic E-state index is -0.431. The van der Waals surface area contributed by atoms with Gasteiger partial charge in [0.25, 0.3) is 0 Å². The van der Waals surface area contributed by atoms with E-state index in [1.54, 1.807) is 24.3 Å². The van der Waals surface area contributed by atoms with Crippen LogP contribution >= 0.6 is 11.8 Å². The molecular formula is C14H18N2O3S. The highest BCUT2D eigenvalue weighted by Crippen LogP contribution is 2.27. The van der Waals surface area contributed by atoms with Crippen molar-refractivity contribution in [3.05, 3.63) is 24.3 Å². The second-order valence-corrected chi connectivity index (χ2v) is 5.78. The lowest BCUT2D eigenvalue weighted by atomic mass is 10.2. The molecule has 0 saturated heterocycles. The number of phenols is 1. The molecule has 1 fully saturated rings. The molecular weight excluding hydrogens is 276 g/mol. The third kappa shape index (κ3) is 4.45. The zero-order chi connectivity index (χ0) is 14.4. The van der Waals surface area contributed by atoms with Gasteiger partial charge >= 0.3 is 6.03 Å². The Bertz CT molecular complexity index is 487. The summed E-state index contributed by atoms with van der Waals surface area (Å²) in [5, 5.41) is 14.7. The molecule has 1 aliphatic rings. The lowest BCUT2D eigenvalue weighted by Gasteiger charge is -2.12. The van der Waals surface area contributed by atoms with Gasteiger partial charge in [-0.1, -0.05) is 25.0 Å². The van der Waals surface area contributed by atoms with Crippen LogP contribution in [-0.4, -0.2) is 28.8 Å². The summed E-state index contributed by atoms with van der Waals surface area (Å²) in [7, 11) is 0. The number of benzene rings is 1. The third-order valence-corrected chi connectivity index (χ3v) is 4.23. The van der Waals surface area contributed by atoms with Crippen molar-refractivity contribution in [1.82, 2.24) is 10.6 Å². The van der Waals surface area contributed by atoms with E-state index in [-0.39, 0.29) is 23.5 Å². The van der Waals surface area contributed by atoms with Gasteiger partial charge in [0.2, 0.25) is 5.91 Å². The number of rotatable bonds is 4. The zero-order valence-electron chi connectivity index (χ0n) is 11.1. The van der Waals surface area contributed by atoms with Gasteiger partial charge in [0, 0.05) is 10.9 Å². The average Bonchev–Trinajstić information content (AvgIpc) is 2.90. The molecule has 1 aromatic rings. The van der Waals surface area contributed by atoms with E-state index in [1.807, 2.05) is 0 Å². The lowest BCUT2D eigenvalue weighted by Crippen LogP contribution is -2.44. The van der Waals surface area contributed by atoms with Crippen molar-refractivity contribution < 1.29 is 14.7 Å². The van der Waals surface area contributed by atoms with Gasteiger partial charge in [-0.2, -0.15) is 0 Å². The van der Waals surface area contributed by atoms with E-state index in [2.05, 4.69) is 10.6 Å². The number of phenolic OH excluding ortho intramolecular Hbond substituents is 1. The molecule has 20 heavy (non-hydrogen) atoms. The van der Waals surface area contributed by atoms with Gasteiger partial charge in [-0.3, -0.25) is 10.1 Å². The number of para-hydroxylation sites is 1. The molecule has 1 saturated carbocycles. The molecule has 5 nitrogen and oxygen atoms in total. The standard InChI is InChI=1S/C14H18N2O3S/c17-11-7-3-4-8-12(11)20-9-13(18)16-14(19)15-10-5-1-2-6-10/h3-4,7-8,10,17H,1-2,5-6,9H2,(H2,15,16,18,19). The minimum absolute atomic E-state index is 0.0929. The number of aromatic hydroxyl groups is 1. The van der Waals surface area contributed by atoms with Gasteiger partial charge in [-0.15, -0.1) is 11.8 Å². The van der Waals surface area contributed by atoms with Crippen LogP contribution in [0.15, 0.2) is 29.2 Å². The fourth-order valence-electron chi connectivity index (χ4n) is 2.18. The Balaban J connectivity index is 1.72. The first-order valence-corrected chi connectivity index (χ1v) is 7.65. The Kier molecular flexibility index (Phi) is 5.29. The molecule has 0 spiro atoms. The van der Waals surface area contributed by atoms with Gasteiger partial charge in [-0.05, 0) is 25.0 Å². The maximum absolute atomic E-state index is 11.6. The number of amides is 3. The average molecular weight is 294 g/mol. The number of carbonyl (C=O) groups excluding carboxylic acids is 2. The van der Waals surface area contributed by atoms with Crippen LogP contribution in [0.2, 0.25) is 0 Å². The fraction of sp³-hybridized carbons (Fsp3) is 0.429. The maximum atomic E-state index is 11.6. The van der Waals surface area contributed by atoms with Crippen LogP contribution in [0.3, 0.4) is 0 Å². The highest BCUT2D eigenvalue weighted by molar-refractivity contribution is 8.00. The molecule has 0 atom stereocenters. The van der Waals surface area contributed by atoms with E-state index in [0.717, 1.165) is 25.7 Å². The Morgan fingerprint density at radius 3 is 2.65 bits per heavy atom.